The highest BCUT2D eigenvalue weighted by Gasteiger charge is 1.99. The lowest BCUT2D eigenvalue weighted by molar-refractivity contribution is 0.591. The highest BCUT2D eigenvalue weighted by Crippen LogP contribution is 2.08. The zero-order valence-corrected chi connectivity index (χ0v) is 7.70. The molecule has 1 rings (SSSR count). The van der Waals surface area contributed by atoms with Gasteiger partial charge in [0, 0.05) is 10.2 Å². The normalized spacial score (nSPS) is 10.2. The number of rotatable bonds is 1. The van der Waals surface area contributed by atoms with Crippen molar-refractivity contribution in [3.63, 3.8) is 0 Å². The number of hydrogen-bond donors (Lipinski definition) is 0. The van der Waals surface area contributed by atoms with E-state index in [-0.39, 0.29) is 11.6 Å². The monoisotopic (exact) mass is 158 g/mol. The molecule has 0 heterocycles. The fraction of sp³-hybridized carbons (Fsp3) is 0.143. The van der Waals surface area contributed by atoms with E-state index in [9.17, 15) is 8.78 Å². The van der Waals surface area contributed by atoms with Crippen molar-refractivity contribution in [1.82, 2.24) is 0 Å². The second kappa shape index (κ2) is 2.92. The summed E-state index contributed by atoms with van der Waals surface area (Å²) in [6.45, 7) is 0. The van der Waals surface area contributed by atoms with E-state index < -0.39 is 0 Å². The van der Waals surface area contributed by atoms with Crippen LogP contribution in [0.3, 0.4) is 0 Å². The van der Waals surface area contributed by atoms with E-state index in [1.165, 1.54) is 12.1 Å². The van der Waals surface area contributed by atoms with Gasteiger partial charge < -0.3 is 0 Å². The van der Waals surface area contributed by atoms with Crippen LogP contribution < -0.4 is 0 Å². The fourth-order valence-corrected chi connectivity index (χ4v) is 1.36. The third-order valence-electron chi connectivity index (χ3n) is 1.39. The maximum absolute atomic E-state index is 12.6. The Balaban J connectivity index is 3.09. The average Bonchev–Trinajstić information content (AvgIpc) is 1.94. The molecule has 1 aromatic carbocycles. The van der Waals surface area contributed by atoms with E-state index in [1.807, 2.05) is 0 Å². The van der Waals surface area contributed by atoms with Gasteiger partial charge in [0.15, 0.2) is 0 Å². The van der Waals surface area contributed by atoms with Gasteiger partial charge in [0.25, 0.3) is 0 Å². The smallest absolute Gasteiger partial charge is 0.126 e. The van der Waals surface area contributed by atoms with Crippen LogP contribution in [-0.4, -0.2) is 10.2 Å². The molecule has 0 aliphatic heterocycles. The van der Waals surface area contributed by atoms with Crippen molar-refractivity contribution in [2.45, 2.75) is 6.04 Å². The first-order chi connectivity index (χ1) is 4.74. The Hall–Kier alpha value is -0.703. The maximum atomic E-state index is 12.6. The molecule has 1 aromatic rings. The Morgan fingerprint density at radius 2 is 2.00 bits per heavy atom. The summed E-state index contributed by atoms with van der Waals surface area (Å²) in [5.41, 5.74) is 0.492. The molecule has 0 atom stereocenters. The molecular weight excluding hydrogens is 150 g/mol. The first-order valence-corrected chi connectivity index (χ1v) is 4.59. The molecule has 0 spiro atoms. The lowest BCUT2D eigenvalue weighted by Crippen LogP contribution is -1.90. The van der Waals surface area contributed by atoms with Crippen LogP contribution in [0.15, 0.2) is 18.2 Å². The lowest BCUT2D eigenvalue weighted by atomic mass is 10.2. The summed E-state index contributed by atoms with van der Waals surface area (Å²) < 4.78 is 25.0. The number of benzene rings is 1. The van der Waals surface area contributed by atoms with Gasteiger partial charge in [-0.1, -0.05) is 0 Å². The van der Waals surface area contributed by atoms with E-state index in [4.69, 9.17) is 0 Å². The van der Waals surface area contributed by atoms with Gasteiger partial charge in [0.05, 0.1) is 0 Å². The van der Waals surface area contributed by atoms with Gasteiger partial charge in [-0.05, 0) is 29.8 Å². The summed E-state index contributed by atoms with van der Waals surface area (Å²) >= 11 is 0. The quantitative estimate of drug-likeness (QED) is 0.531. The first kappa shape index (κ1) is 7.40. The van der Waals surface area contributed by atoms with Crippen LogP contribution in [0.25, 0.3) is 0 Å². The van der Waals surface area contributed by atoms with Crippen LogP contribution in [0.1, 0.15) is 5.56 Å². The van der Waals surface area contributed by atoms with Crippen LogP contribution >= 0.6 is 0 Å². The molecule has 0 aromatic heterocycles. The predicted octanol–water partition coefficient (Wildman–Crippen LogP) is 0.830. The largest absolute Gasteiger partial charge is 0.207 e. The van der Waals surface area contributed by atoms with Crippen molar-refractivity contribution in [2.24, 2.45) is 0 Å². The van der Waals surface area contributed by atoms with E-state index in [2.05, 4.69) is 0 Å². The molecule has 0 radical (unpaired) electrons. The van der Waals surface area contributed by atoms with Crippen molar-refractivity contribution in [1.29, 1.82) is 0 Å². The topological polar surface area (TPSA) is 0 Å². The number of halogens is 2. The molecule has 0 nitrogen and oxygen atoms in total. The average molecular weight is 158 g/mol. The van der Waals surface area contributed by atoms with Gasteiger partial charge >= 0.3 is 0 Å². The van der Waals surface area contributed by atoms with Crippen LogP contribution in [0.4, 0.5) is 8.78 Å². The molecule has 0 fully saturated rings. The highest BCUT2D eigenvalue weighted by molar-refractivity contribution is 6.08. The summed E-state index contributed by atoms with van der Waals surface area (Å²) in [6.07, 6.45) is 0. The lowest BCUT2D eigenvalue weighted by Gasteiger charge is -1.96. The molecule has 0 saturated heterocycles. The van der Waals surface area contributed by atoms with Crippen LogP contribution in [0.5, 0.6) is 0 Å². The van der Waals surface area contributed by atoms with Crippen molar-refractivity contribution >= 4 is 10.2 Å². The molecule has 0 unspecified atom stereocenters. The van der Waals surface area contributed by atoms with E-state index in [1.54, 1.807) is 0 Å². The standard InChI is InChI=1S/C7H8F2Si/c8-6-1-2-7(9)5(3-6)4-10/h1-3H,4H2,10H3. The van der Waals surface area contributed by atoms with Crippen LogP contribution in [0.2, 0.25) is 0 Å². The SMILES string of the molecule is Fc1ccc(F)c(C[SiH3])c1. The molecule has 0 N–H and O–H groups in total. The summed E-state index contributed by atoms with van der Waals surface area (Å²) in [5, 5.41) is 0. The van der Waals surface area contributed by atoms with Gasteiger partial charge in [0.2, 0.25) is 0 Å². The summed E-state index contributed by atoms with van der Waals surface area (Å²) in [4.78, 5) is 0. The summed E-state index contributed by atoms with van der Waals surface area (Å²) in [5.74, 6) is -0.649. The molecule has 0 aliphatic rings. The van der Waals surface area contributed by atoms with Crippen molar-refractivity contribution in [3.05, 3.63) is 35.4 Å². The third-order valence-corrected chi connectivity index (χ3v) is 2.15. The Bertz CT molecular complexity index is 235. The second-order valence-electron chi connectivity index (χ2n) is 2.09. The van der Waals surface area contributed by atoms with Gasteiger partial charge in [-0.2, -0.15) is 0 Å². The minimum absolute atomic E-state index is 0.295. The van der Waals surface area contributed by atoms with Gasteiger partial charge in [-0.3, -0.25) is 0 Å². The van der Waals surface area contributed by atoms with Crippen molar-refractivity contribution in [2.75, 3.05) is 0 Å². The summed E-state index contributed by atoms with van der Waals surface area (Å²) in [7, 11) is 0.866. The third kappa shape index (κ3) is 1.42. The van der Waals surface area contributed by atoms with E-state index >= 15 is 0 Å². The Morgan fingerprint density at radius 1 is 1.30 bits per heavy atom. The highest BCUT2D eigenvalue weighted by atomic mass is 28.1. The molecule has 0 aliphatic carbocycles. The second-order valence-corrected chi connectivity index (χ2v) is 2.80. The Labute approximate surface area is 61.3 Å². The van der Waals surface area contributed by atoms with E-state index in [0.29, 0.717) is 11.6 Å². The van der Waals surface area contributed by atoms with Gasteiger partial charge in [-0.15, -0.1) is 0 Å². The molecule has 10 heavy (non-hydrogen) atoms. The minimum atomic E-state index is -0.354. The minimum Gasteiger partial charge on any atom is -0.207 e. The predicted molar refractivity (Wildman–Crippen MR) is 40.0 cm³/mol. The Morgan fingerprint density at radius 3 is 2.50 bits per heavy atom. The summed E-state index contributed by atoms with van der Waals surface area (Å²) in [6, 6.07) is 4.23. The van der Waals surface area contributed by atoms with Gasteiger partial charge in [-0.25, -0.2) is 8.78 Å². The van der Waals surface area contributed by atoms with Crippen molar-refractivity contribution in [3.8, 4) is 0 Å². The van der Waals surface area contributed by atoms with E-state index in [0.717, 1.165) is 16.3 Å². The maximum Gasteiger partial charge on any atom is 0.126 e. The number of hydrogen-bond acceptors (Lipinski definition) is 0. The molecule has 0 amide bonds. The molecule has 54 valence electrons. The Kier molecular flexibility index (Phi) is 2.16. The zero-order chi connectivity index (χ0) is 7.56. The fourth-order valence-electron chi connectivity index (χ4n) is 0.814. The first-order valence-electron chi connectivity index (χ1n) is 3.18. The molecule has 3 heteroatoms. The molecule has 0 bridgehead atoms. The van der Waals surface area contributed by atoms with Crippen molar-refractivity contribution < 1.29 is 8.78 Å². The molecular formula is C7H8F2Si. The van der Waals surface area contributed by atoms with Crippen LogP contribution in [0, 0.1) is 11.6 Å². The zero-order valence-electron chi connectivity index (χ0n) is 5.70. The molecule has 0 saturated carbocycles. The van der Waals surface area contributed by atoms with Crippen LogP contribution in [-0.2, 0) is 6.04 Å². The van der Waals surface area contributed by atoms with Gasteiger partial charge in [0.1, 0.15) is 11.6 Å².